The smallest absolute Gasteiger partial charge is 0.224 e. The normalized spacial score (nSPS) is 24.4. The number of piperidine rings is 1. The average Bonchev–Trinajstić information content (AvgIpc) is 3.03. The Kier molecular flexibility index (Phi) is 3.57. The highest BCUT2D eigenvalue weighted by Gasteiger charge is 2.45. The highest BCUT2D eigenvalue weighted by atomic mass is 16.5. The molecule has 0 unspecified atom stereocenters. The molecule has 8 heteroatoms. The molecule has 124 valence electrons. The zero-order valence-electron chi connectivity index (χ0n) is 13.3. The van der Waals surface area contributed by atoms with Gasteiger partial charge in [-0.3, -0.25) is 0 Å². The van der Waals surface area contributed by atoms with E-state index in [9.17, 15) is 0 Å². The number of fused-ring (bicyclic) bond motifs is 1. The summed E-state index contributed by atoms with van der Waals surface area (Å²) in [5.74, 6) is 1.08. The molecule has 0 aromatic carbocycles. The minimum Gasteiger partial charge on any atom is -0.378 e. The first-order valence-electron chi connectivity index (χ1n) is 8.10. The summed E-state index contributed by atoms with van der Waals surface area (Å²) in [5, 5.41) is 0. The number of nitrogen functional groups attached to an aromatic ring is 1. The van der Waals surface area contributed by atoms with Crippen LogP contribution in [0.1, 0.15) is 25.7 Å². The van der Waals surface area contributed by atoms with E-state index < -0.39 is 0 Å². The first-order valence-corrected chi connectivity index (χ1v) is 8.10. The van der Waals surface area contributed by atoms with Gasteiger partial charge in [-0.2, -0.15) is 9.97 Å². The zero-order chi connectivity index (χ0) is 15.9. The van der Waals surface area contributed by atoms with E-state index in [1.54, 1.807) is 13.4 Å². The van der Waals surface area contributed by atoms with Crippen molar-refractivity contribution in [3.05, 3.63) is 6.33 Å². The third kappa shape index (κ3) is 2.42. The third-order valence-electron chi connectivity index (χ3n) is 5.06. The van der Waals surface area contributed by atoms with Gasteiger partial charge in [0, 0.05) is 26.8 Å². The van der Waals surface area contributed by atoms with Crippen LogP contribution in [0, 0.1) is 0 Å². The number of hydrogen-bond donors (Lipinski definition) is 2. The van der Waals surface area contributed by atoms with E-state index in [1.807, 2.05) is 0 Å². The topological polar surface area (TPSA) is 102 Å². The molecule has 0 bridgehead atoms. The van der Waals surface area contributed by atoms with E-state index >= 15 is 0 Å². The number of rotatable bonds is 2. The van der Waals surface area contributed by atoms with Gasteiger partial charge in [-0.1, -0.05) is 0 Å². The van der Waals surface area contributed by atoms with Crippen molar-refractivity contribution >= 4 is 22.9 Å². The number of H-pyrrole nitrogens is 1. The molecule has 2 aliphatic heterocycles. The number of nitrogens with two attached hydrogens (primary N) is 1. The second kappa shape index (κ2) is 5.61. The van der Waals surface area contributed by atoms with Gasteiger partial charge in [0.2, 0.25) is 5.95 Å². The average molecular weight is 318 g/mol. The van der Waals surface area contributed by atoms with E-state index in [4.69, 9.17) is 15.2 Å². The van der Waals surface area contributed by atoms with E-state index in [2.05, 4.69) is 24.8 Å². The van der Waals surface area contributed by atoms with Gasteiger partial charge >= 0.3 is 0 Å². The SMILES string of the molecule is CO[C@@H]1CCCOC12CCN(c1nc(N)nc3nc[nH]c13)CC2. The molecule has 23 heavy (non-hydrogen) atoms. The maximum Gasteiger partial charge on any atom is 0.224 e. The monoisotopic (exact) mass is 318 g/mol. The highest BCUT2D eigenvalue weighted by molar-refractivity contribution is 5.84. The summed E-state index contributed by atoms with van der Waals surface area (Å²) in [7, 11) is 1.78. The number of ether oxygens (including phenoxy) is 2. The van der Waals surface area contributed by atoms with Crippen LogP contribution in [0.4, 0.5) is 11.8 Å². The lowest BCUT2D eigenvalue weighted by molar-refractivity contribution is -0.175. The predicted octanol–water partition coefficient (Wildman–Crippen LogP) is 1.10. The maximum atomic E-state index is 6.16. The molecule has 8 nitrogen and oxygen atoms in total. The van der Waals surface area contributed by atoms with Crippen LogP contribution in [0.25, 0.3) is 11.2 Å². The lowest BCUT2D eigenvalue weighted by Crippen LogP contribution is -2.56. The summed E-state index contributed by atoms with van der Waals surface area (Å²) in [5.41, 5.74) is 7.11. The number of nitrogens with zero attached hydrogens (tertiary/aromatic N) is 4. The molecule has 0 aliphatic carbocycles. The summed E-state index contributed by atoms with van der Waals surface area (Å²) in [6, 6.07) is 0. The number of anilines is 2. The molecule has 2 aromatic heterocycles. The van der Waals surface area contributed by atoms with E-state index in [-0.39, 0.29) is 17.7 Å². The number of hydrogen-bond acceptors (Lipinski definition) is 7. The molecule has 0 amide bonds. The molecule has 4 rings (SSSR count). The van der Waals surface area contributed by atoms with Crippen LogP contribution < -0.4 is 10.6 Å². The van der Waals surface area contributed by atoms with Gasteiger partial charge in [-0.25, -0.2) is 4.98 Å². The quantitative estimate of drug-likeness (QED) is 0.854. The van der Waals surface area contributed by atoms with Crippen molar-refractivity contribution in [2.24, 2.45) is 0 Å². The Hall–Kier alpha value is -1.93. The Morgan fingerprint density at radius 3 is 3.00 bits per heavy atom. The molecule has 2 aliphatic rings. The second-order valence-electron chi connectivity index (χ2n) is 6.27. The molecule has 2 aromatic rings. The molecule has 2 fully saturated rings. The minimum atomic E-state index is -0.158. The van der Waals surface area contributed by atoms with Crippen molar-refractivity contribution in [3.63, 3.8) is 0 Å². The molecule has 1 atom stereocenters. The zero-order valence-corrected chi connectivity index (χ0v) is 13.3. The van der Waals surface area contributed by atoms with Crippen molar-refractivity contribution in [3.8, 4) is 0 Å². The van der Waals surface area contributed by atoms with Gasteiger partial charge in [0.25, 0.3) is 0 Å². The number of imidazole rings is 1. The van der Waals surface area contributed by atoms with Crippen molar-refractivity contribution in [1.29, 1.82) is 0 Å². The summed E-state index contributed by atoms with van der Waals surface area (Å²) < 4.78 is 11.9. The molecule has 1 spiro atoms. The van der Waals surface area contributed by atoms with Gasteiger partial charge in [0.05, 0.1) is 18.0 Å². The predicted molar refractivity (Wildman–Crippen MR) is 86.3 cm³/mol. The molecule has 2 saturated heterocycles. The van der Waals surface area contributed by atoms with Crippen molar-refractivity contribution < 1.29 is 9.47 Å². The Morgan fingerprint density at radius 2 is 2.22 bits per heavy atom. The number of methoxy groups -OCH3 is 1. The fraction of sp³-hybridized carbons (Fsp3) is 0.667. The molecular weight excluding hydrogens is 296 g/mol. The molecule has 4 heterocycles. The number of aromatic amines is 1. The Balaban J connectivity index is 1.58. The van der Waals surface area contributed by atoms with Gasteiger partial charge in [0.1, 0.15) is 5.52 Å². The first kappa shape index (κ1) is 14.6. The summed E-state index contributed by atoms with van der Waals surface area (Å²) in [6.45, 7) is 2.53. The summed E-state index contributed by atoms with van der Waals surface area (Å²) >= 11 is 0. The van der Waals surface area contributed by atoms with Gasteiger partial charge in [-0.15, -0.1) is 0 Å². The number of aromatic nitrogens is 4. The van der Waals surface area contributed by atoms with Crippen molar-refractivity contribution in [2.75, 3.05) is 37.4 Å². The van der Waals surface area contributed by atoms with Crippen LogP contribution in [0.2, 0.25) is 0 Å². The Morgan fingerprint density at radius 1 is 1.39 bits per heavy atom. The molecule has 0 saturated carbocycles. The van der Waals surface area contributed by atoms with Crippen LogP contribution in [0.15, 0.2) is 6.33 Å². The standard InChI is InChI=1S/C15H22N6O2/c1-22-10-3-2-8-23-15(10)4-6-21(7-5-15)13-11-12(18-9-17-11)19-14(16)20-13/h9-10H,2-8H2,1H3,(H3,16,17,18,19,20)/t10-/m1/s1. The van der Waals surface area contributed by atoms with Gasteiger partial charge in [0.15, 0.2) is 11.5 Å². The van der Waals surface area contributed by atoms with Crippen LogP contribution >= 0.6 is 0 Å². The van der Waals surface area contributed by atoms with Gasteiger partial charge in [-0.05, 0) is 25.7 Å². The Labute approximate surface area is 134 Å². The highest BCUT2D eigenvalue weighted by Crippen LogP contribution is 2.38. The van der Waals surface area contributed by atoms with Crippen LogP contribution in [0.5, 0.6) is 0 Å². The lowest BCUT2D eigenvalue weighted by Gasteiger charge is -2.48. The number of nitrogens with one attached hydrogen (secondary N) is 1. The van der Waals surface area contributed by atoms with Gasteiger partial charge < -0.3 is 25.1 Å². The second-order valence-corrected chi connectivity index (χ2v) is 6.27. The van der Waals surface area contributed by atoms with Crippen LogP contribution in [0.3, 0.4) is 0 Å². The fourth-order valence-corrected chi connectivity index (χ4v) is 3.86. The van der Waals surface area contributed by atoms with Crippen LogP contribution in [-0.4, -0.2) is 58.4 Å². The summed E-state index contributed by atoms with van der Waals surface area (Å²) in [6.07, 6.45) is 5.79. The fourth-order valence-electron chi connectivity index (χ4n) is 3.86. The minimum absolute atomic E-state index is 0.158. The third-order valence-corrected chi connectivity index (χ3v) is 5.06. The molecular formula is C15H22N6O2. The summed E-state index contributed by atoms with van der Waals surface area (Å²) in [4.78, 5) is 18.1. The first-order chi connectivity index (χ1) is 11.2. The molecule has 0 radical (unpaired) electrons. The Bertz CT molecular complexity index is 694. The van der Waals surface area contributed by atoms with E-state index in [1.165, 1.54) is 0 Å². The van der Waals surface area contributed by atoms with E-state index in [0.29, 0.717) is 5.65 Å². The van der Waals surface area contributed by atoms with E-state index in [0.717, 1.165) is 56.7 Å². The lowest BCUT2D eigenvalue weighted by atomic mass is 9.82. The maximum absolute atomic E-state index is 6.16. The van der Waals surface area contributed by atoms with Crippen molar-refractivity contribution in [2.45, 2.75) is 37.4 Å². The van der Waals surface area contributed by atoms with Crippen molar-refractivity contribution in [1.82, 2.24) is 19.9 Å². The molecule has 3 N–H and O–H groups in total. The van der Waals surface area contributed by atoms with Crippen LogP contribution in [-0.2, 0) is 9.47 Å². The largest absolute Gasteiger partial charge is 0.378 e.